The molecule has 2 aromatic rings. The summed E-state index contributed by atoms with van der Waals surface area (Å²) in [5, 5.41) is 2.35. The molecule has 3 atom stereocenters. The minimum atomic E-state index is -0.596. The maximum Gasteiger partial charge on any atom is 0.255 e. The number of hydrogen-bond donors (Lipinski definition) is 1. The molecule has 34 heavy (non-hydrogen) atoms. The zero-order chi connectivity index (χ0) is 23.2. The number of hydrogen-bond acceptors (Lipinski definition) is 6. The van der Waals surface area contributed by atoms with Crippen molar-refractivity contribution in [3.8, 4) is 5.75 Å². The van der Waals surface area contributed by atoms with Gasteiger partial charge in [0.25, 0.3) is 5.91 Å². The van der Waals surface area contributed by atoms with Crippen LogP contribution in [0.4, 0.5) is 0 Å². The number of aromatic nitrogens is 1. The van der Waals surface area contributed by atoms with Crippen LogP contribution in [0.2, 0.25) is 0 Å². The van der Waals surface area contributed by atoms with Gasteiger partial charge in [-0.05, 0) is 67.1 Å². The minimum Gasteiger partial charge on any atom is -0.489 e. The van der Waals surface area contributed by atoms with Gasteiger partial charge in [0.2, 0.25) is 11.8 Å². The molecule has 176 valence electrons. The molecule has 1 saturated carbocycles. The second kappa shape index (κ2) is 8.51. The second-order valence-corrected chi connectivity index (χ2v) is 9.80. The summed E-state index contributed by atoms with van der Waals surface area (Å²) in [7, 11) is 0. The highest BCUT2D eigenvalue weighted by Gasteiger charge is 2.41. The number of nitrogens with one attached hydrogen (secondary N) is 1. The molecule has 0 radical (unpaired) electrons. The Labute approximate surface area is 198 Å². The molecule has 3 aliphatic heterocycles. The van der Waals surface area contributed by atoms with Gasteiger partial charge in [-0.25, -0.2) is 0 Å². The van der Waals surface area contributed by atoms with Crippen molar-refractivity contribution < 1.29 is 19.1 Å². The minimum absolute atomic E-state index is 0.139. The van der Waals surface area contributed by atoms with E-state index in [1.165, 1.54) is 5.56 Å². The first kappa shape index (κ1) is 21.3. The van der Waals surface area contributed by atoms with E-state index in [2.05, 4.69) is 27.3 Å². The van der Waals surface area contributed by atoms with Gasteiger partial charge < -0.3 is 9.64 Å². The molecule has 1 N–H and O–H groups in total. The number of carbonyl (C=O) groups excluding carboxylic acids is 3. The van der Waals surface area contributed by atoms with Gasteiger partial charge in [0.1, 0.15) is 17.9 Å². The van der Waals surface area contributed by atoms with Crippen molar-refractivity contribution in [2.24, 2.45) is 0 Å². The number of ether oxygens (including phenoxy) is 1. The number of nitrogens with zero attached hydrogens (tertiary/aromatic N) is 3. The Morgan fingerprint density at radius 2 is 1.82 bits per heavy atom. The van der Waals surface area contributed by atoms with E-state index in [1.807, 2.05) is 30.6 Å². The van der Waals surface area contributed by atoms with Crippen molar-refractivity contribution >= 4 is 17.7 Å². The summed E-state index contributed by atoms with van der Waals surface area (Å²) in [5.74, 6) is 0.523. The molecule has 3 amide bonds. The molecule has 1 aromatic heterocycles. The fraction of sp³-hybridized carbons (Fsp3) is 0.462. The molecule has 0 bridgehead atoms. The second-order valence-electron chi connectivity index (χ2n) is 9.80. The first-order valence-corrected chi connectivity index (χ1v) is 12.1. The topological polar surface area (TPSA) is 91.8 Å². The normalized spacial score (nSPS) is 27.5. The quantitative estimate of drug-likeness (QED) is 0.688. The van der Waals surface area contributed by atoms with Gasteiger partial charge in [0.15, 0.2) is 0 Å². The summed E-state index contributed by atoms with van der Waals surface area (Å²) in [6.07, 6.45) is 7.80. The van der Waals surface area contributed by atoms with Crippen molar-refractivity contribution in [2.45, 2.75) is 62.8 Å². The molecule has 0 spiro atoms. The summed E-state index contributed by atoms with van der Waals surface area (Å²) >= 11 is 0. The zero-order valence-corrected chi connectivity index (χ0v) is 19.0. The average molecular weight is 461 g/mol. The summed E-state index contributed by atoms with van der Waals surface area (Å²) in [5.41, 5.74) is 2.84. The number of likely N-dealkylation sites (tertiary alicyclic amines) is 1. The van der Waals surface area contributed by atoms with Gasteiger partial charge in [-0.1, -0.05) is 0 Å². The van der Waals surface area contributed by atoms with Crippen LogP contribution in [0.3, 0.4) is 0 Å². The van der Waals surface area contributed by atoms with Gasteiger partial charge in [0, 0.05) is 56.0 Å². The molecule has 8 nitrogen and oxygen atoms in total. The number of fused-ring (bicyclic) bond motifs is 1. The van der Waals surface area contributed by atoms with Crippen LogP contribution in [0.25, 0.3) is 0 Å². The molecule has 1 aromatic carbocycles. The highest BCUT2D eigenvalue weighted by molar-refractivity contribution is 6.05. The van der Waals surface area contributed by atoms with E-state index in [0.29, 0.717) is 30.5 Å². The fourth-order valence-corrected chi connectivity index (χ4v) is 5.89. The molecule has 2 saturated heterocycles. The lowest BCUT2D eigenvalue weighted by Gasteiger charge is -2.45. The number of piperidine rings is 1. The Bertz CT molecular complexity index is 1130. The van der Waals surface area contributed by atoms with Crippen molar-refractivity contribution in [3.05, 3.63) is 59.4 Å². The molecule has 8 heteroatoms. The lowest BCUT2D eigenvalue weighted by atomic mass is 9.90. The molecule has 6 rings (SSSR count). The van der Waals surface area contributed by atoms with E-state index in [9.17, 15) is 14.4 Å². The molecule has 4 aliphatic rings. The SMILES string of the molecule is O=C1CCC(N2Cc3cc(O[C@@H]4CCC[C@@H]4N4CC(c5ccncc5)C4)ccc3C2=O)C(=O)N1. The standard InChI is InChI=1S/C26H28N4O4/c31-24-7-6-22(25(32)28-24)30-15-17-12-19(4-5-20(17)26(30)33)34-23-3-1-2-21(23)29-13-18(14-29)16-8-10-27-11-9-16/h4-5,8-12,18,21-23H,1-3,6-7,13-15H2,(H,28,31,32)/t21-,22?,23+/m0/s1. The third-order valence-electron chi connectivity index (χ3n) is 7.76. The maximum atomic E-state index is 12.9. The van der Waals surface area contributed by atoms with Crippen LogP contribution >= 0.6 is 0 Å². The highest BCUT2D eigenvalue weighted by atomic mass is 16.5. The number of rotatable bonds is 5. The zero-order valence-electron chi connectivity index (χ0n) is 19.0. The molecule has 4 heterocycles. The Balaban J connectivity index is 1.11. The van der Waals surface area contributed by atoms with Crippen LogP contribution in [0.1, 0.15) is 59.5 Å². The van der Waals surface area contributed by atoms with Crippen molar-refractivity contribution in [1.82, 2.24) is 20.1 Å². The predicted octanol–water partition coefficient (Wildman–Crippen LogP) is 2.24. The van der Waals surface area contributed by atoms with E-state index < -0.39 is 6.04 Å². The molecule has 3 fully saturated rings. The Morgan fingerprint density at radius 1 is 1.00 bits per heavy atom. The summed E-state index contributed by atoms with van der Waals surface area (Å²) in [6.45, 7) is 2.47. The third-order valence-corrected chi connectivity index (χ3v) is 7.76. The van der Waals surface area contributed by atoms with Gasteiger partial charge in [-0.15, -0.1) is 0 Å². The molecule has 1 unspecified atom stereocenters. The highest BCUT2D eigenvalue weighted by Crippen LogP contribution is 2.37. The molecular formula is C26H28N4O4. The van der Waals surface area contributed by atoms with Gasteiger partial charge >= 0.3 is 0 Å². The largest absolute Gasteiger partial charge is 0.489 e. The Hall–Kier alpha value is -3.26. The number of amides is 3. The fourth-order valence-electron chi connectivity index (χ4n) is 5.89. The van der Waals surface area contributed by atoms with Crippen LogP contribution in [-0.2, 0) is 16.1 Å². The van der Waals surface area contributed by atoms with Crippen LogP contribution in [0, 0.1) is 0 Å². The number of pyridine rings is 1. The third kappa shape index (κ3) is 3.76. The Morgan fingerprint density at radius 3 is 2.62 bits per heavy atom. The van der Waals surface area contributed by atoms with E-state index >= 15 is 0 Å². The number of imide groups is 1. The number of benzene rings is 1. The van der Waals surface area contributed by atoms with Gasteiger partial charge in [-0.3, -0.25) is 29.6 Å². The first-order valence-electron chi connectivity index (χ1n) is 12.1. The van der Waals surface area contributed by atoms with Crippen molar-refractivity contribution in [1.29, 1.82) is 0 Å². The number of carbonyl (C=O) groups is 3. The van der Waals surface area contributed by atoms with Gasteiger partial charge in [0.05, 0.1) is 0 Å². The first-order chi connectivity index (χ1) is 16.6. The molecular weight excluding hydrogens is 432 g/mol. The van der Waals surface area contributed by atoms with Gasteiger partial charge in [-0.2, -0.15) is 0 Å². The van der Waals surface area contributed by atoms with Crippen LogP contribution in [0.5, 0.6) is 5.75 Å². The van der Waals surface area contributed by atoms with E-state index in [-0.39, 0.29) is 30.2 Å². The van der Waals surface area contributed by atoms with Crippen molar-refractivity contribution in [3.63, 3.8) is 0 Å². The van der Waals surface area contributed by atoms with Crippen LogP contribution in [-0.4, -0.2) is 63.8 Å². The summed E-state index contributed by atoms with van der Waals surface area (Å²) in [6, 6.07) is 9.66. The maximum absolute atomic E-state index is 12.9. The smallest absolute Gasteiger partial charge is 0.255 e. The van der Waals surface area contributed by atoms with E-state index in [4.69, 9.17) is 4.74 Å². The lowest BCUT2D eigenvalue weighted by molar-refractivity contribution is -0.136. The average Bonchev–Trinajstić information content (AvgIpc) is 3.38. The van der Waals surface area contributed by atoms with E-state index in [0.717, 1.165) is 43.7 Å². The Kier molecular flexibility index (Phi) is 5.32. The van der Waals surface area contributed by atoms with Crippen molar-refractivity contribution in [2.75, 3.05) is 13.1 Å². The predicted molar refractivity (Wildman–Crippen MR) is 123 cm³/mol. The lowest BCUT2D eigenvalue weighted by Crippen LogP contribution is -2.54. The van der Waals surface area contributed by atoms with E-state index in [1.54, 1.807) is 4.90 Å². The monoisotopic (exact) mass is 460 g/mol. The van der Waals surface area contributed by atoms with Crippen LogP contribution < -0.4 is 10.1 Å². The summed E-state index contributed by atoms with van der Waals surface area (Å²) < 4.78 is 6.46. The van der Waals surface area contributed by atoms with Crippen LogP contribution in [0.15, 0.2) is 42.7 Å². The molecule has 1 aliphatic carbocycles. The summed E-state index contributed by atoms with van der Waals surface area (Å²) in [4.78, 5) is 44.9.